The van der Waals surface area contributed by atoms with Gasteiger partial charge in [0.05, 0.1) is 5.92 Å². The number of nitrogens with zero attached hydrogens (tertiary/aromatic N) is 2. The monoisotopic (exact) mass is 381 g/mol. The average molecular weight is 382 g/mol. The van der Waals surface area contributed by atoms with Gasteiger partial charge in [0.1, 0.15) is 0 Å². The highest BCUT2D eigenvalue weighted by Crippen LogP contribution is 2.21. The number of hydrogen-bond acceptors (Lipinski definition) is 3. The maximum absolute atomic E-state index is 13.1. The van der Waals surface area contributed by atoms with Crippen molar-refractivity contribution < 1.29 is 9.59 Å². The van der Waals surface area contributed by atoms with Crippen molar-refractivity contribution in [2.24, 2.45) is 11.7 Å². The van der Waals surface area contributed by atoms with Gasteiger partial charge in [-0.25, -0.2) is 0 Å². The van der Waals surface area contributed by atoms with E-state index in [9.17, 15) is 9.59 Å². The minimum atomic E-state index is -0.0870. The molecule has 1 aliphatic heterocycles. The molecule has 1 aromatic carbocycles. The van der Waals surface area contributed by atoms with Gasteiger partial charge in [0, 0.05) is 32.6 Å². The molecule has 0 spiro atoms. The van der Waals surface area contributed by atoms with E-state index in [1.54, 1.807) is 0 Å². The highest BCUT2D eigenvalue weighted by Gasteiger charge is 2.30. The van der Waals surface area contributed by atoms with E-state index in [1.807, 2.05) is 47.1 Å². The molecule has 26 heavy (non-hydrogen) atoms. The fourth-order valence-corrected chi connectivity index (χ4v) is 3.39. The third-order valence-electron chi connectivity index (χ3n) is 4.75. The summed E-state index contributed by atoms with van der Waals surface area (Å²) in [5.74, 6) is 0.249. The quantitative estimate of drug-likeness (QED) is 0.752. The zero-order valence-electron chi connectivity index (χ0n) is 15.7. The Hall–Kier alpha value is -1.59. The second-order valence-electron chi connectivity index (χ2n) is 6.82. The molecule has 0 saturated carbocycles. The fourth-order valence-electron chi connectivity index (χ4n) is 3.39. The van der Waals surface area contributed by atoms with Gasteiger partial charge in [-0.05, 0) is 37.8 Å². The molecule has 1 heterocycles. The van der Waals surface area contributed by atoms with Crippen LogP contribution in [0.25, 0.3) is 0 Å². The van der Waals surface area contributed by atoms with E-state index in [1.165, 1.54) is 0 Å². The van der Waals surface area contributed by atoms with Gasteiger partial charge < -0.3 is 15.5 Å². The van der Waals surface area contributed by atoms with Gasteiger partial charge in [-0.3, -0.25) is 9.59 Å². The zero-order valence-corrected chi connectivity index (χ0v) is 16.5. The first kappa shape index (κ1) is 22.5. The molecule has 0 radical (unpaired) electrons. The van der Waals surface area contributed by atoms with E-state index in [0.29, 0.717) is 32.6 Å². The van der Waals surface area contributed by atoms with Crippen LogP contribution in [0.2, 0.25) is 0 Å². The van der Waals surface area contributed by atoms with E-state index < -0.39 is 0 Å². The van der Waals surface area contributed by atoms with Gasteiger partial charge in [-0.2, -0.15) is 0 Å². The Morgan fingerprint density at radius 2 is 2.00 bits per heavy atom. The summed E-state index contributed by atoms with van der Waals surface area (Å²) in [5.41, 5.74) is 6.78. The number of piperidine rings is 1. The Bertz CT molecular complexity index is 553. The van der Waals surface area contributed by atoms with E-state index >= 15 is 0 Å². The van der Waals surface area contributed by atoms with Gasteiger partial charge in [-0.15, -0.1) is 12.4 Å². The summed E-state index contributed by atoms with van der Waals surface area (Å²) in [7, 11) is 0. The lowest BCUT2D eigenvalue weighted by molar-refractivity contribution is -0.141. The molecule has 1 aromatic rings. The molecule has 2 rings (SSSR count). The molecule has 5 nitrogen and oxygen atoms in total. The van der Waals surface area contributed by atoms with Crippen LogP contribution in [0.15, 0.2) is 30.3 Å². The topological polar surface area (TPSA) is 66.6 Å². The summed E-state index contributed by atoms with van der Waals surface area (Å²) in [6.45, 7) is 5.21. The van der Waals surface area contributed by atoms with Crippen molar-refractivity contribution in [3.8, 4) is 0 Å². The maximum atomic E-state index is 13.1. The highest BCUT2D eigenvalue weighted by molar-refractivity contribution is 5.85. The Labute approximate surface area is 163 Å². The third kappa shape index (κ3) is 6.61. The predicted octanol–water partition coefficient (Wildman–Crippen LogP) is 2.82. The van der Waals surface area contributed by atoms with Crippen molar-refractivity contribution in [2.75, 3.05) is 26.2 Å². The molecule has 1 unspecified atom stereocenters. The SMILES string of the molecule is CCCC(=O)N1CCCC(C(=O)N(CCCN)Cc2ccccc2)C1.Cl. The lowest BCUT2D eigenvalue weighted by atomic mass is 9.95. The first-order valence-corrected chi connectivity index (χ1v) is 9.46. The number of carbonyl (C=O) groups excluding carboxylic acids is 2. The summed E-state index contributed by atoms with van der Waals surface area (Å²) in [6.07, 6.45) is 3.99. The van der Waals surface area contributed by atoms with Gasteiger partial charge in [0.25, 0.3) is 0 Å². The zero-order chi connectivity index (χ0) is 18.1. The predicted molar refractivity (Wildman–Crippen MR) is 107 cm³/mol. The normalized spacial score (nSPS) is 16.7. The van der Waals surface area contributed by atoms with Gasteiger partial charge >= 0.3 is 0 Å². The molecule has 2 N–H and O–H groups in total. The molecule has 146 valence electrons. The van der Waals surface area contributed by atoms with Gasteiger partial charge in [0.15, 0.2) is 0 Å². The molecule has 2 amide bonds. The van der Waals surface area contributed by atoms with Crippen LogP contribution < -0.4 is 5.73 Å². The minimum Gasteiger partial charge on any atom is -0.342 e. The lowest BCUT2D eigenvalue weighted by Crippen LogP contribution is -2.47. The van der Waals surface area contributed by atoms with Crippen molar-refractivity contribution >= 4 is 24.2 Å². The smallest absolute Gasteiger partial charge is 0.227 e. The van der Waals surface area contributed by atoms with Gasteiger partial charge in [-0.1, -0.05) is 37.3 Å². The van der Waals surface area contributed by atoms with Crippen LogP contribution in [0, 0.1) is 5.92 Å². The number of benzene rings is 1. The summed E-state index contributed by atoms with van der Waals surface area (Å²) in [6, 6.07) is 10.1. The Morgan fingerprint density at radius 1 is 1.27 bits per heavy atom. The Kier molecular flexibility index (Phi) is 10.3. The first-order chi connectivity index (χ1) is 12.2. The van der Waals surface area contributed by atoms with Crippen LogP contribution in [-0.4, -0.2) is 47.8 Å². The largest absolute Gasteiger partial charge is 0.342 e. The number of amides is 2. The highest BCUT2D eigenvalue weighted by atomic mass is 35.5. The van der Waals surface area contributed by atoms with Crippen LogP contribution in [0.4, 0.5) is 0 Å². The first-order valence-electron chi connectivity index (χ1n) is 9.46. The fraction of sp³-hybridized carbons (Fsp3) is 0.600. The Balaban J connectivity index is 0.00000338. The minimum absolute atomic E-state index is 0. The van der Waals surface area contributed by atoms with Crippen LogP contribution in [0.1, 0.15) is 44.6 Å². The standard InChI is InChI=1S/C20H31N3O2.ClH/c1-2-8-19(24)22-13-6-11-18(16-22)20(25)23(14-7-12-21)15-17-9-4-3-5-10-17;/h3-5,9-10,18H,2,6-8,11-16,21H2,1H3;1H. The van der Waals surface area contributed by atoms with E-state index in [-0.39, 0.29) is 30.1 Å². The molecule has 1 atom stereocenters. The number of halogens is 1. The summed E-state index contributed by atoms with van der Waals surface area (Å²) in [5, 5.41) is 0. The molecule has 1 aliphatic rings. The summed E-state index contributed by atoms with van der Waals surface area (Å²) >= 11 is 0. The number of carbonyl (C=O) groups is 2. The van der Waals surface area contributed by atoms with Crippen molar-refractivity contribution in [1.82, 2.24) is 9.80 Å². The average Bonchev–Trinajstić information content (AvgIpc) is 2.65. The summed E-state index contributed by atoms with van der Waals surface area (Å²) in [4.78, 5) is 29.1. The van der Waals surface area contributed by atoms with Crippen molar-refractivity contribution in [3.05, 3.63) is 35.9 Å². The molecule has 1 fully saturated rings. The molecule has 0 aromatic heterocycles. The lowest BCUT2D eigenvalue weighted by Gasteiger charge is -2.35. The van der Waals surface area contributed by atoms with Crippen molar-refractivity contribution in [2.45, 2.75) is 45.6 Å². The van der Waals surface area contributed by atoms with E-state index in [4.69, 9.17) is 5.73 Å². The molecule has 6 heteroatoms. The molecule has 0 aliphatic carbocycles. The summed E-state index contributed by atoms with van der Waals surface area (Å²) < 4.78 is 0. The Morgan fingerprint density at radius 3 is 2.65 bits per heavy atom. The number of rotatable bonds is 8. The van der Waals surface area contributed by atoms with Crippen molar-refractivity contribution in [1.29, 1.82) is 0 Å². The second-order valence-corrected chi connectivity index (χ2v) is 6.82. The van der Waals surface area contributed by atoms with Crippen LogP contribution in [0.3, 0.4) is 0 Å². The molecule has 1 saturated heterocycles. The molecule has 0 bridgehead atoms. The third-order valence-corrected chi connectivity index (χ3v) is 4.75. The number of likely N-dealkylation sites (tertiary alicyclic amines) is 1. The van der Waals surface area contributed by atoms with E-state index in [2.05, 4.69) is 0 Å². The van der Waals surface area contributed by atoms with Gasteiger partial charge in [0.2, 0.25) is 11.8 Å². The maximum Gasteiger partial charge on any atom is 0.227 e. The molecular weight excluding hydrogens is 350 g/mol. The number of nitrogens with two attached hydrogens (primary N) is 1. The van der Waals surface area contributed by atoms with E-state index in [0.717, 1.165) is 37.8 Å². The second kappa shape index (κ2) is 11.9. The van der Waals surface area contributed by atoms with Crippen LogP contribution in [0.5, 0.6) is 0 Å². The van der Waals surface area contributed by atoms with Crippen LogP contribution in [-0.2, 0) is 16.1 Å². The van der Waals surface area contributed by atoms with Crippen molar-refractivity contribution in [3.63, 3.8) is 0 Å². The number of hydrogen-bond donors (Lipinski definition) is 1. The van der Waals surface area contributed by atoms with Crippen LogP contribution >= 0.6 is 12.4 Å². The molecular formula is C20H32ClN3O2.